The van der Waals surface area contributed by atoms with E-state index >= 15 is 0 Å². The number of halogens is 1. The van der Waals surface area contributed by atoms with Crippen molar-refractivity contribution in [2.24, 2.45) is 0 Å². The maximum atomic E-state index is 12.4. The standard InChI is InChI=1S/C19H21BrN2O2/c1-24-11-10-22-9-3-5-14-7-8-17(13-18(14)22)21-19(23)15-4-2-6-16(20)12-15/h2,4,6-8,12-13H,3,5,9-11H2,1H3,(H,21,23). The smallest absolute Gasteiger partial charge is 0.255 e. The molecule has 0 unspecified atom stereocenters. The first kappa shape index (κ1) is 17.0. The van der Waals surface area contributed by atoms with Gasteiger partial charge in [-0.25, -0.2) is 0 Å². The SMILES string of the molecule is COCCN1CCCc2ccc(NC(=O)c3cccc(Br)c3)cc21. The highest BCUT2D eigenvalue weighted by atomic mass is 79.9. The lowest BCUT2D eigenvalue weighted by Crippen LogP contribution is -2.32. The summed E-state index contributed by atoms with van der Waals surface area (Å²) in [5, 5.41) is 2.99. The Morgan fingerprint density at radius 2 is 2.17 bits per heavy atom. The second-order valence-electron chi connectivity index (χ2n) is 5.89. The fraction of sp³-hybridized carbons (Fsp3) is 0.316. The van der Waals surface area contributed by atoms with E-state index in [1.165, 1.54) is 11.3 Å². The van der Waals surface area contributed by atoms with Crippen molar-refractivity contribution in [3.63, 3.8) is 0 Å². The molecule has 0 bridgehead atoms. The fourth-order valence-electron chi connectivity index (χ4n) is 2.99. The summed E-state index contributed by atoms with van der Waals surface area (Å²) < 4.78 is 6.10. The van der Waals surface area contributed by atoms with E-state index in [4.69, 9.17) is 4.74 Å². The molecule has 0 radical (unpaired) electrons. The lowest BCUT2D eigenvalue weighted by atomic mass is 10.0. The van der Waals surface area contributed by atoms with Crippen LogP contribution in [0.5, 0.6) is 0 Å². The van der Waals surface area contributed by atoms with Crippen LogP contribution in [0.1, 0.15) is 22.3 Å². The van der Waals surface area contributed by atoms with E-state index in [0.29, 0.717) is 12.2 Å². The van der Waals surface area contributed by atoms with Gasteiger partial charge in [0.25, 0.3) is 5.91 Å². The molecule has 0 aliphatic carbocycles. The van der Waals surface area contributed by atoms with Crippen LogP contribution in [0.4, 0.5) is 11.4 Å². The van der Waals surface area contributed by atoms with Crippen LogP contribution in [0.2, 0.25) is 0 Å². The van der Waals surface area contributed by atoms with Crippen molar-refractivity contribution in [3.05, 3.63) is 58.1 Å². The summed E-state index contributed by atoms with van der Waals surface area (Å²) >= 11 is 3.40. The number of carbonyl (C=O) groups is 1. The highest BCUT2D eigenvalue weighted by Gasteiger charge is 2.17. The number of ether oxygens (including phenoxy) is 1. The molecular weight excluding hydrogens is 368 g/mol. The Balaban J connectivity index is 1.78. The molecule has 1 heterocycles. The summed E-state index contributed by atoms with van der Waals surface area (Å²) in [4.78, 5) is 14.8. The van der Waals surface area contributed by atoms with Gasteiger partial charge in [-0.1, -0.05) is 28.1 Å². The number of methoxy groups -OCH3 is 1. The molecule has 0 saturated heterocycles. The molecule has 5 heteroatoms. The Morgan fingerprint density at radius 1 is 1.29 bits per heavy atom. The third-order valence-corrected chi connectivity index (χ3v) is 4.70. The summed E-state index contributed by atoms with van der Waals surface area (Å²) in [7, 11) is 1.72. The zero-order chi connectivity index (χ0) is 16.9. The van der Waals surface area contributed by atoms with Crippen molar-refractivity contribution in [1.29, 1.82) is 0 Å². The lowest BCUT2D eigenvalue weighted by molar-refractivity contribution is 0.102. The Hall–Kier alpha value is -1.85. The zero-order valence-corrected chi connectivity index (χ0v) is 15.3. The number of carbonyl (C=O) groups excluding carboxylic acids is 1. The maximum absolute atomic E-state index is 12.4. The Labute approximate surface area is 150 Å². The van der Waals surface area contributed by atoms with E-state index in [2.05, 4.69) is 38.3 Å². The van der Waals surface area contributed by atoms with Crippen molar-refractivity contribution in [2.45, 2.75) is 12.8 Å². The van der Waals surface area contributed by atoms with Gasteiger partial charge in [0.1, 0.15) is 0 Å². The number of anilines is 2. The minimum absolute atomic E-state index is 0.101. The molecule has 1 amide bonds. The quantitative estimate of drug-likeness (QED) is 0.837. The highest BCUT2D eigenvalue weighted by Crippen LogP contribution is 2.30. The average Bonchev–Trinajstić information content (AvgIpc) is 2.60. The van der Waals surface area contributed by atoms with E-state index < -0.39 is 0 Å². The number of amides is 1. The molecular formula is C19H21BrN2O2. The van der Waals surface area contributed by atoms with Crippen LogP contribution >= 0.6 is 15.9 Å². The number of nitrogens with one attached hydrogen (secondary N) is 1. The molecule has 0 spiro atoms. The predicted octanol–water partition coefficient (Wildman–Crippen LogP) is 4.10. The molecule has 0 saturated carbocycles. The summed E-state index contributed by atoms with van der Waals surface area (Å²) in [6.45, 7) is 2.60. The fourth-order valence-corrected chi connectivity index (χ4v) is 3.39. The lowest BCUT2D eigenvalue weighted by Gasteiger charge is -2.31. The summed E-state index contributed by atoms with van der Waals surface area (Å²) in [6.07, 6.45) is 2.24. The monoisotopic (exact) mass is 388 g/mol. The highest BCUT2D eigenvalue weighted by molar-refractivity contribution is 9.10. The van der Waals surface area contributed by atoms with E-state index in [-0.39, 0.29) is 5.91 Å². The van der Waals surface area contributed by atoms with Crippen LogP contribution in [0, 0.1) is 0 Å². The van der Waals surface area contributed by atoms with E-state index in [1.807, 2.05) is 30.3 Å². The van der Waals surface area contributed by atoms with E-state index in [0.717, 1.165) is 36.1 Å². The minimum Gasteiger partial charge on any atom is -0.383 e. The molecule has 4 nitrogen and oxygen atoms in total. The molecule has 1 N–H and O–H groups in total. The number of hydrogen-bond acceptors (Lipinski definition) is 3. The van der Waals surface area contributed by atoms with E-state index in [9.17, 15) is 4.79 Å². The van der Waals surface area contributed by atoms with Crippen LogP contribution in [-0.2, 0) is 11.2 Å². The number of nitrogens with zero attached hydrogens (tertiary/aromatic N) is 1. The normalized spacial score (nSPS) is 13.5. The van der Waals surface area contributed by atoms with Crippen LogP contribution in [0.3, 0.4) is 0 Å². The van der Waals surface area contributed by atoms with Crippen LogP contribution in [0.15, 0.2) is 46.9 Å². The van der Waals surface area contributed by atoms with E-state index in [1.54, 1.807) is 7.11 Å². The Bertz CT molecular complexity index is 733. The molecule has 3 rings (SSSR count). The van der Waals surface area contributed by atoms with Gasteiger partial charge in [-0.3, -0.25) is 4.79 Å². The number of rotatable bonds is 5. The molecule has 0 fully saturated rings. The van der Waals surface area contributed by atoms with Gasteiger partial charge < -0.3 is 15.0 Å². The largest absolute Gasteiger partial charge is 0.383 e. The topological polar surface area (TPSA) is 41.6 Å². The first-order valence-electron chi connectivity index (χ1n) is 8.11. The summed E-state index contributed by atoms with van der Waals surface area (Å²) in [5.74, 6) is -0.101. The molecule has 2 aromatic carbocycles. The molecule has 1 aliphatic rings. The molecule has 2 aromatic rings. The second-order valence-corrected chi connectivity index (χ2v) is 6.81. The zero-order valence-electron chi connectivity index (χ0n) is 13.7. The van der Waals surface area contributed by atoms with Gasteiger partial charge in [0, 0.05) is 41.6 Å². The minimum atomic E-state index is -0.101. The van der Waals surface area contributed by atoms with Crippen molar-refractivity contribution in [1.82, 2.24) is 0 Å². The van der Waals surface area contributed by atoms with Crippen molar-refractivity contribution in [2.75, 3.05) is 37.0 Å². The van der Waals surface area contributed by atoms with Gasteiger partial charge in [0.2, 0.25) is 0 Å². The summed E-state index contributed by atoms with van der Waals surface area (Å²) in [5.41, 5.74) is 3.99. The third kappa shape index (κ3) is 3.97. The number of fused-ring (bicyclic) bond motifs is 1. The van der Waals surface area contributed by atoms with Gasteiger partial charge in [-0.2, -0.15) is 0 Å². The molecule has 0 atom stereocenters. The van der Waals surface area contributed by atoms with Gasteiger partial charge in [-0.05, 0) is 48.7 Å². The van der Waals surface area contributed by atoms with Crippen molar-refractivity contribution in [3.8, 4) is 0 Å². The number of aryl methyl sites for hydroxylation is 1. The van der Waals surface area contributed by atoms with Crippen molar-refractivity contribution < 1.29 is 9.53 Å². The maximum Gasteiger partial charge on any atom is 0.255 e. The molecule has 1 aliphatic heterocycles. The first-order valence-corrected chi connectivity index (χ1v) is 8.90. The predicted molar refractivity (Wildman–Crippen MR) is 101 cm³/mol. The van der Waals surface area contributed by atoms with Gasteiger partial charge in [0.05, 0.1) is 6.61 Å². The van der Waals surface area contributed by atoms with Gasteiger partial charge in [-0.15, -0.1) is 0 Å². The Kier molecular flexibility index (Phi) is 5.53. The van der Waals surface area contributed by atoms with Crippen LogP contribution in [-0.4, -0.2) is 32.7 Å². The second kappa shape index (κ2) is 7.81. The summed E-state index contributed by atoms with van der Waals surface area (Å²) in [6, 6.07) is 13.6. The Morgan fingerprint density at radius 3 is 2.96 bits per heavy atom. The van der Waals surface area contributed by atoms with Gasteiger partial charge in [0.15, 0.2) is 0 Å². The van der Waals surface area contributed by atoms with Crippen LogP contribution < -0.4 is 10.2 Å². The molecule has 0 aromatic heterocycles. The number of hydrogen-bond donors (Lipinski definition) is 1. The van der Waals surface area contributed by atoms with Crippen molar-refractivity contribution >= 4 is 33.2 Å². The third-order valence-electron chi connectivity index (χ3n) is 4.21. The average molecular weight is 389 g/mol. The molecule has 24 heavy (non-hydrogen) atoms. The van der Waals surface area contributed by atoms with Crippen LogP contribution in [0.25, 0.3) is 0 Å². The molecule has 126 valence electrons. The van der Waals surface area contributed by atoms with Gasteiger partial charge >= 0.3 is 0 Å². The number of benzene rings is 2. The first-order chi connectivity index (χ1) is 11.7.